The third kappa shape index (κ3) is 7.91. The second kappa shape index (κ2) is 12.9. The number of nitrogens with zero attached hydrogens (tertiary/aromatic N) is 3. The zero-order valence-electron chi connectivity index (χ0n) is 11.5. The van der Waals surface area contributed by atoms with E-state index < -0.39 is 0 Å². The van der Waals surface area contributed by atoms with Crippen LogP contribution in [-0.4, -0.2) is 30.5 Å². The van der Waals surface area contributed by atoms with Gasteiger partial charge in [0.05, 0.1) is 22.8 Å². The average Bonchev–Trinajstić information content (AvgIpc) is 2.26. The zero-order valence-corrected chi connectivity index (χ0v) is 14.9. The molecule has 0 aromatic carbocycles. The molecule has 109 valence electrons. The van der Waals surface area contributed by atoms with E-state index in [-0.39, 0.29) is 54.3 Å². The molecule has 0 saturated carbocycles. The molecule has 0 amide bonds. The van der Waals surface area contributed by atoms with Crippen LogP contribution in [0, 0.1) is 6.92 Å². The summed E-state index contributed by atoms with van der Waals surface area (Å²) in [5, 5.41) is 0. The molecule has 0 unspecified atom stereocenters. The van der Waals surface area contributed by atoms with Crippen LogP contribution in [0.1, 0.15) is 30.8 Å². The van der Waals surface area contributed by atoms with Gasteiger partial charge in [-0.3, -0.25) is 9.98 Å². The van der Waals surface area contributed by atoms with Gasteiger partial charge in [0.25, 0.3) is 0 Å². The summed E-state index contributed by atoms with van der Waals surface area (Å²) in [4.78, 5) is 12.8. The van der Waals surface area contributed by atoms with Crippen molar-refractivity contribution in [3.63, 3.8) is 0 Å². The van der Waals surface area contributed by atoms with Gasteiger partial charge in [0, 0.05) is 14.1 Å². The van der Waals surface area contributed by atoms with Crippen LogP contribution < -0.4 is 37.2 Å². The normalized spacial score (nSPS) is 10.4. The maximum Gasteiger partial charge on any atom is 3.00 e. The molecule has 0 saturated heterocycles. The van der Waals surface area contributed by atoms with Crippen LogP contribution >= 0.6 is 0 Å². The van der Waals surface area contributed by atoms with Crippen LogP contribution in [0.15, 0.2) is 22.1 Å². The quantitative estimate of drug-likeness (QED) is 0.379. The van der Waals surface area contributed by atoms with Gasteiger partial charge in [-0.05, 0) is 38.5 Å². The van der Waals surface area contributed by atoms with Crippen molar-refractivity contribution in [1.29, 1.82) is 0 Å². The van der Waals surface area contributed by atoms with Crippen LogP contribution in [-0.2, 0) is 17.1 Å². The summed E-state index contributed by atoms with van der Waals surface area (Å²) in [5.41, 5.74) is 4.93. The number of hydrogen-bond acceptors (Lipinski definition) is 3. The van der Waals surface area contributed by atoms with E-state index in [1.807, 2.05) is 26.0 Å². The summed E-state index contributed by atoms with van der Waals surface area (Å²) in [6.45, 7) is 5.98. The molecule has 0 aliphatic carbocycles. The van der Waals surface area contributed by atoms with E-state index in [1.54, 1.807) is 14.1 Å². The number of hydrogen-bond donors (Lipinski definition) is 0. The standard InChI is InChI=1S/C12H17N3.3ClH.Fe/c1-8-6-11(9(2)13-4)15-12(7-8)10(3)14-5;;;;/h6-7H,1-5H3;3*1H;/q;;;;+3/p-3. The summed E-state index contributed by atoms with van der Waals surface area (Å²) in [6.07, 6.45) is 0. The van der Waals surface area contributed by atoms with Crippen molar-refractivity contribution in [3.05, 3.63) is 29.1 Å². The number of aryl methyl sites for hydroxylation is 1. The minimum atomic E-state index is 0. The summed E-state index contributed by atoms with van der Waals surface area (Å²) < 4.78 is 0. The Bertz CT molecular complexity index is 398. The second-order valence-corrected chi connectivity index (χ2v) is 3.53. The number of aliphatic imine (C=N–C) groups is 2. The third-order valence-electron chi connectivity index (χ3n) is 2.38. The molecule has 1 heterocycles. The molecule has 1 aromatic heterocycles. The Balaban J connectivity index is -0.000000281. The minimum absolute atomic E-state index is 0. The molecule has 0 bridgehead atoms. The fraction of sp³-hybridized carbons (Fsp3) is 0.417. The van der Waals surface area contributed by atoms with E-state index in [1.165, 1.54) is 5.56 Å². The number of rotatable bonds is 2. The predicted octanol–water partition coefficient (Wildman–Crippen LogP) is -6.72. The molecule has 0 spiro atoms. The second-order valence-electron chi connectivity index (χ2n) is 3.53. The molecule has 1 radical (unpaired) electrons. The Kier molecular flexibility index (Phi) is 18.5. The first-order chi connectivity index (χ1) is 7.08. The van der Waals surface area contributed by atoms with Crippen molar-refractivity contribution >= 4 is 11.4 Å². The van der Waals surface area contributed by atoms with Crippen molar-refractivity contribution < 1.29 is 54.3 Å². The number of pyridine rings is 1. The van der Waals surface area contributed by atoms with Gasteiger partial charge in [0.15, 0.2) is 0 Å². The van der Waals surface area contributed by atoms with Crippen LogP contribution in [0.5, 0.6) is 0 Å². The molecule has 0 atom stereocenters. The molecular formula is C12H17Cl3FeN3. The van der Waals surface area contributed by atoms with Crippen molar-refractivity contribution in [2.24, 2.45) is 9.98 Å². The van der Waals surface area contributed by atoms with Crippen molar-refractivity contribution in [2.45, 2.75) is 20.8 Å². The molecule has 0 fully saturated rings. The molecule has 0 aliphatic rings. The number of halogens is 3. The first-order valence-corrected chi connectivity index (χ1v) is 4.94. The summed E-state index contributed by atoms with van der Waals surface area (Å²) >= 11 is 0. The minimum Gasteiger partial charge on any atom is -1.00 e. The van der Waals surface area contributed by atoms with Gasteiger partial charge in [-0.2, -0.15) is 0 Å². The zero-order chi connectivity index (χ0) is 11.4. The summed E-state index contributed by atoms with van der Waals surface area (Å²) in [6, 6.07) is 4.07. The Morgan fingerprint density at radius 1 is 0.895 bits per heavy atom. The Hall–Kier alpha value is -0.121. The maximum absolute atomic E-state index is 4.51. The molecule has 0 N–H and O–H groups in total. The summed E-state index contributed by atoms with van der Waals surface area (Å²) in [5.74, 6) is 0. The van der Waals surface area contributed by atoms with Crippen LogP contribution in [0.3, 0.4) is 0 Å². The van der Waals surface area contributed by atoms with Gasteiger partial charge in [0.1, 0.15) is 0 Å². The van der Waals surface area contributed by atoms with Crippen molar-refractivity contribution in [2.75, 3.05) is 14.1 Å². The predicted molar refractivity (Wildman–Crippen MR) is 65.2 cm³/mol. The fourth-order valence-electron chi connectivity index (χ4n) is 1.27. The fourth-order valence-corrected chi connectivity index (χ4v) is 1.27. The Morgan fingerprint density at radius 3 is 1.47 bits per heavy atom. The van der Waals surface area contributed by atoms with Gasteiger partial charge in [-0.25, -0.2) is 4.98 Å². The molecule has 0 aliphatic heterocycles. The first-order valence-electron chi connectivity index (χ1n) is 4.94. The number of aromatic nitrogens is 1. The van der Waals surface area contributed by atoms with E-state index in [0.29, 0.717) is 0 Å². The molecule has 1 rings (SSSR count). The smallest absolute Gasteiger partial charge is 1.00 e. The third-order valence-corrected chi connectivity index (χ3v) is 2.38. The molecule has 1 aromatic rings. The Morgan fingerprint density at radius 2 is 1.21 bits per heavy atom. The van der Waals surface area contributed by atoms with Crippen molar-refractivity contribution in [3.8, 4) is 0 Å². The molecular weight excluding hydrogens is 348 g/mol. The van der Waals surface area contributed by atoms with Gasteiger partial charge >= 0.3 is 17.1 Å². The van der Waals surface area contributed by atoms with Gasteiger partial charge in [-0.15, -0.1) is 0 Å². The topological polar surface area (TPSA) is 37.6 Å². The van der Waals surface area contributed by atoms with E-state index in [9.17, 15) is 0 Å². The van der Waals surface area contributed by atoms with Gasteiger partial charge < -0.3 is 37.2 Å². The SMILES string of the molecule is CN=C(C)c1cc(C)cc(C(C)=NC)n1.[Cl-].[Cl-].[Cl-].[Fe+3]. The van der Waals surface area contributed by atoms with E-state index in [4.69, 9.17) is 0 Å². The van der Waals surface area contributed by atoms with Gasteiger partial charge in [0.2, 0.25) is 0 Å². The van der Waals surface area contributed by atoms with Crippen LogP contribution in [0.2, 0.25) is 0 Å². The average molecular weight is 365 g/mol. The van der Waals surface area contributed by atoms with Crippen molar-refractivity contribution in [1.82, 2.24) is 4.98 Å². The van der Waals surface area contributed by atoms with Crippen LogP contribution in [0.25, 0.3) is 0 Å². The van der Waals surface area contributed by atoms with E-state index >= 15 is 0 Å². The van der Waals surface area contributed by atoms with Gasteiger partial charge in [-0.1, -0.05) is 0 Å². The van der Waals surface area contributed by atoms with Crippen LogP contribution in [0.4, 0.5) is 0 Å². The summed E-state index contributed by atoms with van der Waals surface area (Å²) in [7, 11) is 3.56. The monoisotopic (exact) mass is 364 g/mol. The maximum atomic E-state index is 4.51. The first kappa shape index (κ1) is 27.3. The molecule has 7 heteroatoms. The van der Waals surface area contributed by atoms with E-state index in [2.05, 4.69) is 21.9 Å². The molecule has 19 heavy (non-hydrogen) atoms. The molecule has 3 nitrogen and oxygen atoms in total. The van der Waals surface area contributed by atoms with E-state index in [0.717, 1.165) is 22.8 Å². The largest absolute Gasteiger partial charge is 3.00 e. The Labute approximate surface area is 144 Å².